The zero-order chi connectivity index (χ0) is 22.4. The number of nitrogens with two attached hydrogens (primary N) is 1. The fourth-order valence-electron chi connectivity index (χ4n) is 4.16. The number of nitrogens with one attached hydrogen (secondary N) is 1. The van der Waals surface area contributed by atoms with E-state index in [1.165, 1.54) is 11.0 Å². The fourth-order valence-corrected chi connectivity index (χ4v) is 4.16. The number of hydrogen-bond acceptors (Lipinski definition) is 4. The fraction of sp³-hybridized carbons (Fsp3) is 0.0800. The maximum atomic E-state index is 12.9. The topological polar surface area (TPSA) is 112 Å². The molecule has 0 radical (unpaired) electrons. The number of amides is 2. The Hall–Kier alpha value is -4.39. The number of primary amides is 1. The molecule has 0 fully saturated rings. The Morgan fingerprint density at radius 3 is 2.66 bits per heavy atom. The van der Waals surface area contributed by atoms with Crippen LogP contribution in [0.2, 0.25) is 0 Å². The summed E-state index contributed by atoms with van der Waals surface area (Å²) in [5, 5.41) is 18.9. The third kappa shape index (κ3) is 3.11. The van der Waals surface area contributed by atoms with Gasteiger partial charge in [0.25, 0.3) is 5.91 Å². The zero-order valence-corrected chi connectivity index (χ0v) is 17.1. The lowest BCUT2D eigenvalue weighted by molar-refractivity contribution is -0.114. The van der Waals surface area contributed by atoms with Gasteiger partial charge in [0.05, 0.1) is 23.3 Å². The Bertz CT molecular complexity index is 1410. The molecule has 158 valence electrons. The van der Waals surface area contributed by atoms with Crippen LogP contribution in [0.3, 0.4) is 0 Å². The molecule has 0 saturated carbocycles. The molecule has 3 aromatic carbocycles. The molecule has 1 aliphatic rings. The van der Waals surface area contributed by atoms with Crippen molar-refractivity contribution in [3.63, 3.8) is 0 Å². The summed E-state index contributed by atoms with van der Waals surface area (Å²) >= 11 is 0. The number of fused-ring (bicyclic) bond motifs is 2. The van der Waals surface area contributed by atoms with Crippen molar-refractivity contribution in [2.75, 3.05) is 6.54 Å². The maximum absolute atomic E-state index is 12.9. The van der Waals surface area contributed by atoms with Crippen LogP contribution in [0.25, 0.3) is 33.3 Å². The first kappa shape index (κ1) is 19.6. The van der Waals surface area contributed by atoms with Gasteiger partial charge in [-0.25, -0.2) is 0 Å². The van der Waals surface area contributed by atoms with E-state index in [4.69, 9.17) is 5.73 Å². The number of phenolic OH excluding ortho intramolecular Hbond substituents is 1. The van der Waals surface area contributed by atoms with Gasteiger partial charge < -0.3 is 15.7 Å². The second-order valence-electron chi connectivity index (χ2n) is 7.81. The molecule has 7 nitrogen and oxygen atoms in total. The molecule has 0 saturated heterocycles. The van der Waals surface area contributed by atoms with Gasteiger partial charge in [-0.05, 0) is 34.9 Å². The molecule has 2 amide bonds. The number of phenols is 1. The Morgan fingerprint density at radius 2 is 1.91 bits per heavy atom. The molecule has 5 rings (SSSR count). The molecule has 0 bridgehead atoms. The summed E-state index contributed by atoms with van der Waals surface area (Å²) in [5.41, 5.74) is 10.8. The van der Waals surface area contributed by atoms with Crippen molar-refractivity contribution >= 4 is 22.7 Å². The number of hydrogen-bond donors (Lipinski definition) is 3. The molecule has 4 N–H and O–H groups in total. The van der Waals surface area contributed by atoms with Crippen LogP contribution < -0.4 is 5.73 Å². The van der Waals surface area contributed by atoms with E-state index in [-0.39, 0.29) is 35.9 Å². The lowest BCUT2D eigenvalue weighted by atomic mass is 9.94. The van der Waals surface area contributed by atoms with E-state index in [0.717, 1.165) is 33.3 Å². The third-order valence-corrected chi connectivity index (χ3v) is 5.79. The lowest BCUT2D eigenvalue weighted by Gasteiger charge is -2.15. The maximum Gasteiger partial charge on any atom is 0.258 e. The van der Waals surface area contributed by atoms with Crippen molar-refractivity contribution in [3.8, 4) is 28.1 Å². The Kier molecular flexibility index (Phi) is 4.52. The standard InChI is InChI=1S/C25H20N4O3/c1-14(24(26)31)12-29-13-19-17(8-10-21(30)22(19)25(29)32)16-7-9-20-18(11-16)23(28-27-20)15-5-3-2-4-6-15/h2-11,30H,1,12-13H2,(H2,26,31)(H,27,28). The number of benzene rings is 3. The summed E-state index contributed by atoms with van der Waals surface area (Å²) in [6.45, 7) is 3.91. The predicted molar refractivity (Wildman–Crippen MR) is 122 cm³/mol. The van der Waals surface area contributed by atoms with E-state index < -0.39 is 5.91 Å². The second-order valence-corrected chi connectivity index (χ2v) is 7.81. The first-order valence-electron chi connectivity index (χ1n) is 10.1. The molecular weight excluding hydrogens is 404 g/mol. The Balaban J connectivity index is 1.60. The van der Waals surface area contributed by atoms with Gasteiger partial charge >= 0.3 is 0 Å². The predicted octanol–water partition coefficient (Wildman–Crippen LogP) is 3.60. The Labute approximate surface area is 183 Å². The number of nitrogens with zero attached hydrogens (tertiary/aromatic N) is 2. The zero-order valence-electron chi connectivity index (χ0n) is 17.1. The average molecular weight is 424 g/mol. The van der Waals surface area contributed by atoms with Gasteiger partial charge in [0, 0.05) is 23.1 Å². The van der Waals surface area contributed by atoms with Gasteiger partial charge in [-0.3, -0.25) is 14.7 Å². The van der Waals surface area contributed by atoms with E-state index in [1.54, 1.807) is 6.07 Å². The molecule has 1 aliphatic heterocycles. The molecule has 7 heteroatoms. The van der Waals surface area contributed by atoms with Crippen LogP contribution in [0.1, 0.15) is 15.9 Å². The SMILES string of the molecule is C=C(CN1Cc2c(-c3ccc4[nH]nc(-c5ccccc5)c4c3)ccc(O)c2C1=O)C(N)=O. The summed E-state index contributed by atoms with van der Waals surface area (Å²) in [7, 11) is 0. The summed E-state index contributed by atoms with van der Waals surface area (Å²) in [5.74, 6) is -1.09. The molecule has 0 spiro atoms. The molecule has 4 aromatic rings. The number of carbonyl (C=O) groups is 2. The highest BCUT2D eigenvalue weighted by Gasteiger charge is 2.33. The van der Waals surface area contributed by atoms with Gasteiger partial charge in [0.1, 0.15) is 5.75 Å². The van der Waals surface area contributed by atoms with Crippen molar-refractivity contribution in [3.05, 3.63) is 83.9 Å². The minimum atomic E-state index is -0.656. The third-order valence-electron chi connectivity index (χ3n) is 5.79. The first-order chi connectivity index (χ1) is 15.4. The average Bonchev–Trinajstić information content (AvgIpc) is 3.36. The van der Waals surface area contributed by atoms with Gasteiger partial charge in [0.15, 0.2) is 0 Å². The van der Waals surface area contributed by atoms with E-state index in [1.807, 2.05) is 48.5 Å². The summed E-state index contributed by atoms with van der Waals surface area (Å²) in [6, 6.07) is 19.2. The van der Waals surface area contributed by atoms with Crippen LogP contribution in [0.5, 0.6) is 5.75 Å². The molecule has 2 heterocycles. The highest BCUT2D eigenvalue weighted by molar-refractivity contribution is 6.04. The van der Waals surface area contributed by atoms with Crippen molar-refractivity contribution < 1.29 is 14.7 Å². The minimum Gasteiger partial charge on any atom is -0.507 e. The number of aromatic amines is 1. The van der Waals surface area contributed by atoms with Crippen LogP contribution in [0.4, 0.5) is 0 Å². The van der Waals surface area contributed by atoms with Crippen molar-refractivity contribution in [1.29, 1.82) is 0 Å². The molecule has 0 atom stereocenters. The normalized spacial score (nSPS) is 12.9. The molecule has 1 aromatic heterocycles. The number of rotatable bonds is 5. The molecular formula is C25H20N4O3. The van der Waals surface area contributed by atoms with Crippen molar-refractivity contribution in [2.45, 2.75) is 6.54 Å². The number of aromatic nitrogens is 2. The van der Waals surface area contributed by atoms with Crippen LogP contribution in [0.15, 0.2) is 72.8 Å². The number of aromatic hydroxyl groups is 1. The number of H-pyrrole nitrogens is 1. The molecule has 32 heavy (non-hydrogen) atoms. The van der Waals surface area contributed by atoms with E-state index in [0.29, 0.717) is 5.56 Å². The second kappa shape index (κ2) is 7.39. The van der Waals surface area contributed by atoms with E-state index in [9.17, 15) is 14.7 Å². The van der Waals surface area contributed by atoms with E-state index in [2.05, 4.69) is 16.8 Å². The Morgan fingerprint density at radius 1 is 1.12 bits per heavy atom. The van der Waals surface area contributed by atoms with E-state index >= 15 is 0 Å². The van der Waals surface area contributed by atoms with Crippen molar-refractivity contribution in [2.24, 2.45) is 5.73 Å². The lowest BCUT2D eigenvalue weighted by Crippen LogP contribution is -2.30. The van der Waals surface area contributed by atoms with Crippen molar-refractivity contribution in [1.82, 2.24) is 15.1 Å². The summed E-state index contributed by atoms with van der Waals surface area (Å²) in [6.07, 6.45) is 0. The number of carbonyl (C=O) groups excluding carboxylic acids is 2. The van der Waals surface area contributed by atoms with Gasteiger partial charge in [0.2, 0.25) is 5.91 Å². The monoisotopic (exact) mass is 424 g/mol. The minimum absolute atomic E-state index is 0.0145. The quantitative estimate of drug-likeness (QED) is 0.425. The summed E-state index contributed by atoms with van der Waals surface area (Å²) in [4.78, 5) is 25.8. The molecule has 0 unspecified atom stereocenters. The highest BCUT2D eigenvalue weighted by atomic mass is 16.3. The van der Waals surface area contributed by atoms with Crippen LogP contribution in [-0.4, -0.2) is 38.6 Å². The van der Waals surface area contributed by atoms with Gasteiger partial charge in [-0.15, -0.1) is 0 Å². The van der Waals surface area contributed by atoms with Gasteiger partial charge in [-0.2, -0.15) is 5.10 Å². The van der Waals surface area contributed by atoms with Crippen LogP contribution in [-0.2, 0) is 11.3 Å². The first-order valence-corrected chi connectivity index (χ1v) is 10.1. The van der Waals surface area contributed by atoms with Crippen LogP contribution in [0, 0.1) is 0 Å². The largest absolute Gasteiger partial charge is 0.507 e. The molecule has 0 aliphatic carbocycles. The van der Waals surface area contributed by atoms with Crippen LogP contribution >= 0.6 is 0 Å². The highest BCUT2D eigenvalue weighted by Crippen LogP contribution is 2.39. The van der Waals surface area contributed by atoms with Gasteiger partial charge in [-0.1, -0.05) is 49.0 Å². The summed E-state index contributed by atoms with van der Waals surface area (Å²) < 4.78 is 0. The smallest absolute Gasteiger partial charge is 0.258 e.